The number of nitrogens with zero attached hydrogens (tertiary/aromatic N) is 1. The first-order valence-corrected chi connectivity index (χ1v) is 8.73. The van der Waals surface area contributed by atoms with E-state index in [1.54, 1.807) is 0 Å². The minimum atomic E-state index is 0.180. The number of fused-ring (bicyclic) bond motifs is 1. The quantitative estimate of drug-likeness (QED) is 0.754. The minimum Gasteiger partial charge on any atom is -0.338 e. The van der Waals surface area contributed by atoms with E-state index >= 15 is 0 Å². The van der Waals surface area contributed by atoms with Gasteiger partial charge in [0.15, 0.2) is 0 Å². The van der Waals surface area contributed by atoms with Crippen LogP contribution in [0.4, 0.5) is 0 Å². The maximum absolute atomic E-state index is 2.81. The number of hydrogen-bond acceptors (Lipinski definition) is 1. The molecule has 112 valence electrons. The van der Waals surface area contributed by atoms with E-state index in [0.717, 1.165) is 6.85 Å². The summed E-state index contributed by atoms with van der Waals surface area (Å²) in [5.74, 6) is 0. The number of benzene rings is 2. The molecule has 0 spiro atoms. The van der Waals surface area contributed by atoms with Gasteiger partial charge in [0.2, 0.25) is 6.85 Å². The Balaban J connectivity index is 1.90. The van der Waals surface area contributed by atoms with Crippen molar-refractivity contribution < 1.29 is 0 Å². The van der Waals surface area contributed by atoms with Gasteiger partial charge in [0.05, 0.1) is 0 Å². The Kier molecular flexibility index (Phi) is 3.58. The molecule has 1 unspecified atom stereocenters. The lowest BCUT2D eigenvalue weighted by Gasteiger charge is -2.37. The molecule has 0 radical (unpaired) electrons. The van der Waals surface area contributed by atoms with Crippen molar-refractivity contribution >= 4 is 6.85 Å². The van der Waals surface area contributed by atoms with Crippen molar-refractivity contribution in [2.24, 2.45) is 0 Å². The summed E-state index contributed by atoms with van der Waals surface area (Å²) in [7, 11) is 0. The predicted octanol–water partition coefficient (Wildman–Crippen LogP) is 4.46. The van der Waals surface area contributed by atoms with Crippen LogP contribution in [0.15, 0.2) is 60.7 Å². The van der Waals surface area contributed by atoms with Gasteiger partial charge in [-0.15, -0.1) is 0 Å². The molecule has 2 fully saturated rings. The van der Waals surface area contributed by atoms with Gasteiger partial charge in [0.1, 0.15) is 0 Å². The maximum Gasteiger partial charge on any atom is 0.224 e. The molecule has 4 rings (SSSR count). The van der Waals surface area contributed by atoms with E-state index in [0.29, 0.717) is 6.04 Å². The molecule has 2 aliphatic rings. The third-order valence-corrected chi connectivity index (χ3v) is 5.94. The molecule has 2 aromatic rings. The van der Waals surface area contributed by atoms with Crippen LogP contribution in [0.2, 0.25) is 12.6 Å². The first kappa shape index (κ1) is 14.1. The molecule has 22 heavy (non-hydrogen) atoms. The molecule has 2 saturated heterocycles. The van der Waals surface area contributed by atoms with Crippen molar-refractivity contribution in [1.82, 2.24) is 4.81 Å². The van der Waals surface area contributed by atoms with Gasteiger partial charge in [-0.1, -0.05) is 73.9 Å². The Bertz CT molecular complexity index is 585. The van der Waals surface area contributed by atoms with Crippen LogP contribution in [0.25, 0.3) is 0 Å². The van der Waals surface area contributed by atoms with Gasteiger partial charge in [0, 0.05) is 11.5 Å². The fourth-order valence-corrected chi connectivity index (χ4v) is 5.02. The van der Waals surface area contributed by atoms with Crippen LogP contribution in [-0.4, -0.2) is 24.2 Å². The summed E-state index contributed by atoms with van der Waals surface area (Å²) in [5, 5.41) is 0. The molecule has 1 nitrogen and oxygen atoms in total. The summed E-state index contributed by atoms with van der Waals surface area (Å²) < 4.78 is 0. The lowest BCUT2D eigenvalue weighted by Crippen LogP contribution is -2.40. The Morgan fingerprint density at radius 2 is 1.59 bits per heavy atom. The van der Waals surface area contributed by atoms with Crippen molar-refractivity contribution in [2.45, 2.75) is 43.9 Å². The molecule has 2 aromatic carbocycles. The minimum absolute atomic E-state index is 0.180. The normalized spacial score (nSPS) is 23.7. The highest BCUT2D eigenvalue weighted by Crippen LogP contribution is 2.52. The van der Waals surface area contributed by atoms with E-state index < -0.39 is 0 Å². The monoisotopic (exact) mass is 289 g/mol. The second-order valence-corrected chi connectivity index (χ2v) is 6.87. The third kappa shape index (κ3) is 1.97. The van der Waals surface area contributed by atoms with Gasteiger partial charge >= 0.3 is 0 Å². The second-order valence-electron chi connectivity index (χ2n) is 6.87. The molecule has 2 heteroatoms. The lowest BCUT2D eigenvalue weighted by atomic mass is 9.51. The van der Waals surface area contributed by atoms with Crippen molar-refractivity contribution in [3.05, 3.63) is 71.8 Å². The topological polar surface area (TPSA) is 3.24 Å². The second kappa shape index (κ2) is 5.59. The maximum atomic E-state index is 2.81. The number of rotatable bonds is 3. The fraction of sp³-hybridized carbons (Fsp3) is 0.400. The molecule has 2 heterocycles. The first-order valence-electron chi connectivity index (χ1n) is 8.73. The van der Waals surface area contributed by atoms with Crippen molar-refractivity contribution in [2.75, 3.05) is 6.54 Å². The fourth-order valence-electron chi connectivity index (χ4n) is 5.02. The van der Waals surface area contributed by atoms with Crippen LogP contribution in [0, 0.1) is 0 Å². The smallest absolute Gasteiger partial charge is 0.224 e. The van der Waals surface area contributed by atoms with Gasteiger partial charge in [-0.25, -0.2) is 0 Å². The van der Waals surface area contributed by atoms with Crippen LogP contribution in [0.5, 0.6) is 0 Å². The molecule has 2 aliphatic heterocycles. The summed E-state index contributed by atoms with van der Waals surface area (Å²) in [6, 6.07) is 23.2. The standard InChI is InChI=1S/C20H24BN/c1-2-21-16-20(17-10-5-3-6-11-17,18-12-7-4-8-13-18)19-14-9-15-22(19)21/h3-8,10-13,19H,2,9,14-16H2,1H3. The van der Waals surface area contributed by atoms with Gasteiger partial charge in [0.25, 0.3) is 0 Å². The average Bonchev–Trinajstić information content (AvgIpc) is 3.18. The van der Waals surface area contributed by atoms with Crippen LogP contribution in [0.3, 0.4) is 0 Å². The summed E-state index contributed by atoms with van der Waals surface area (Å²) in [5.41, 5.74) is 3.20. The molecule has 1 atom stereocenters. The molecule has 0 aromatic heterocycles. The first-order chi connectivity index (χ1) is 10.9. The van der Waals surface area contributed by atoms with Crippen molar-refractivity contribution in [3.8, 4) is 0 Å². The van der Waals surface area contributed by atoms with Gasteiger partial charge in [-0.3, -0.25) is 0 Å². The summed E-state index contributed by atoms with van der Waals surface area (Å²) >= 11 is 0. The van der Waals surface area contributed by atoms with E-state index in [-0.39, 0.29) is 5.41 Å². The summed E-state index contributed by atoms with van der Waals surface area (Å²) in [6.45, 7) is 4.37. The van der Waals surface area contributed by atoms with Crippen molar-refractivity contribution in [1.29, 1.82) is 0 Å². The van der Waals surface area contributed by atoms with E-state index in [2.05, 4.69) is 72.4 Å². The summed E-state index contributed by atoms with van der Waals surface area (Å²) in [6.07, 6.45) is 5.21. The predicted molar refractivity (Wildman–Crippen MR) is 94.4 cm³/mol. The van der Waals surface area contributed by atoms with Gasteiger partial charge < -0.3 is 4.81 Å². The van der Waals surface area contributed by atoms with E-state index in [9.17, 15) is 0 Å². The average molecular weight is 289 g/mol. The van der Waals surface area contributed by atoms with Crippen LogP contribution >= 0.6 is 0 Å². The van der Waals surface area contributed by atoms with E-state index in [4.69, 9.17) is 0 Å². The van der Waals surface area contributed by atoms with Crippen LogP contribution in [-0.2, 0) is 5.41 Å². The van der Waals surface area contributed by atoms with Crippen LogP contribution < -0.4 is 0 Å². The molecule has 0 aliphatic carbocycles. The highest BCUT2D eigenvalue weighted by atomic mass is 15.2. The highest BCUT2D eigenvalue weighted by Gasteiger charge is 2.55. The molecular weight excluding hydrogens is 265 g/mol. The van der Waals surface area contributed by atoms with Gasteiger partial charge in [-0.2, -0.15) is 0 Å². The zero-order valence-electron chi connectivity index (χ0n) is 13.4. The lowest BCUT2D eigenvalue weighted by molar-refractivity contribution is 0.338. The molecule has 0 saturated carbocycles. The van der Waals surface area contributed by atoms with E-state index in [1.807, 2.05) is 0 Å². The molecule has 0 bridgehead atoms. The highest BCUT2D eigenvalue weighted by molar-refractivity contribution is 6.57. The van der Waals surface area contributed by atoms with Crippen molar-refractivity contribution in [3.63, 3.8) is 0 Å². The Hall–Kier alpha value is -1.54. The Labute approximate surface area is 134 Å². The Morgan fingerprint density at radius 3 is 2.14 bits per heavy atom. The SMILES string of the molecule is CCB1CC(c2ccccc2)(c2ccccc2)C2CCCN12. The summed E-state index contributed by atoms with van der Waals surface area (Å²) in [4.78, 5) is 2.81. The van der Waals surface area contributed by atoms with Gasteiger partial charge in [-0.05, 0) is 36.8 Å². The Morgan fingerprint density at radius 1 is 1.00 bits per heavy atom. The third-order valence-electron chi connectivity index (χ3n) is 5.94. The molecular formula is C20H24BN. The van der Waals surface area contributed by atoms with E-state index in [1.165, 1.54) is 43.2 Å². The zero-order chi connectivity index (χ0) is 15.0. The largest absolute Gasteiger partial charge is 0.338 e. The molecule has 0 N–H and O–H groups in total. The zero-order valence-corrected chi connectivity index (χ0v) is 13.4. The number of hydrogen-bond donors (Lipinski definition) is 0. The van der Waals surface area contributed by atoms with Crippen LogP contribution in [0.1, 0.15) is 30.9 Å². The molecule has 0 amide bonds.